The summed E-state index contributed by atoms with van der Waals surface area (Å²) in [6.07, 6.45) is 0.913. The first kappa shape index (κ1) is 15.3. The van der Waals surface area contributed by atoms with E-state index in [-0.39, 0.29) is 11.9 Å². The van der Waals surface area contributed by atoms with E-state index in [0.717, 1.165) is 35.4 Å². The second-order valence-electron chi connectivity index (χ2n) is 6.23. The van der Waals surface area contributed by atoms with E-state index >= 15 is 0 Å². The number of amides is 1. The molecule has 1 aliphatic rings. The van der Waals surface area contributed by atoms with Crippen LogP contribution in [0, 0.1) is 6.92 Å². The largest absolute Gasteiger partial charge is 0.325 e. The Labute approximate surface area is 145 Å². The second-order valence-corrected chi connectivity index (χ2v) is 7.11. The molecule has 1 saturated heterocycles. The minimum Gasteiger partial charge on any atom is -0.325 e. The molecule has 122 valence electrons. The molecule has 1 N–H and O–H groups in total. The molecule has 4 nitrogen and oxygen atoms in total. The first-order chi connectivity index (χ1) is 11.7. The molecule has 1 atom stereocenters. The number of carbonyl (C=O) groups is 1. The Bertz CT molecular complexity index is 889. The summed E-state index contributed by atoms with van der Waals surface area (Å²) in [5.74, 6) is 0.0735. The molecule has 5 heteroatoms. The maximum Gasteiger partial charge on any atom is 0.241 e. The Hall–Kier alpha value is -2.24. The van der Waals surface area contributed by atoms with Crippen LogP contribution in [0.25, 0.3) is 10.2 Å². The molecule has 1 unspecified atom stereocenters. The fraction of sp³-hybridized carbons (Fsp3) is 0.263. The van der Waals surface area contributed by atoms with Crippen LogP contribution in [-0.2, 0) is 11.3 Å². The number of nitrogens with one attached hydrogen (secondary N) is 1. The normalized spacial score (nSPS) is 17.6. The number of carbonyl (C=O) groups excluding carboxylic acids is 1. The smallest absolute Gasteiger partial charge is 0.241 e. The zero-order valence-electron chi connectivity index (χ0n) is 13.5. The van der Waals surface area contributed by atoms with Crippen molar-refractivity contribution < 1.29 is 4.79 Å². The molecule has 1 fully saturated rings. The number of anilines is 1. The van der Waals surface area contributed by atoms with Crippen LogP contribution in [0.4, 0.5) is 5.69 Å². The molecule has 1 aromatic heterocycles. The number of likely N-dealkylation sites (tertiary alicyclic amines) is 1. The van der Waals surface area contributed by atoms with E-state index in [1.54, 1.807) is 11.3 Å². The van der Waals surface area contributed by atoms with Gasteiger partial charge >= 0.3 is 0 Å². The van der Waals surface area contributed by atoms with Gasteiger partial charge in [0.2, 0.25) is 5.91 Å². The van der Waals surface area contributed by atoms with Gasteiger partial charge in [0.05, 0.1) is 21.8 Å². The average Bonchev–Trinajstić information content (AvgIpc) is 3.00. The standard InChI is InChI=1S/C19H19N3OS/c1-13-4-2-3-5-14(13)11-22-9-8-17(22)19(23)21-15-6-7-18-16(10-15)20-12-24-18/h2-7,10,12,17H,8-9,11H2,1H3,(H,21,23). The highest BCUT2D eigenvalue weighted by molar-refractivity contribution is 7.16. The van der Waals surface area contributed by atoms with Gasteiger partial charge in [-0.25, -0.2) is 4.98 Å². The fourth-order valence-corrected chi connectivity index (χ4v) is 3.75. The molecule has 2 aromatic carbocycles. The molecular weight excluding hydrogens is 318 g/mol. The first-order valence-electron chi connectivity index (χ1n) is 8.13. The number of hydrogen-bond donors (Lipinski definition) is 1. The van der Waals surface area contributed by atoms with Gasteiger partial charge in [0.25, 0.3) is 0 Å². The summed E-state index contributed by atoms with van der Waals surface area (Å²) in [7, 11) is 0. The van der Waals surface area contributed by atoms with Crippen molar-refractivity contribution in [2.24, 2.45) is 0 Å². The lowest BCUT2D eigenvalue weighted by molar-refractivity contribution is -0.125. The van der Waals surface area contributed by atoms with Gasteiger partial charge in [-0.1, -0.05) is 24.3 Å². The van der Waals surface area contributed by atoms with E-state index in [9.17, 15) is 4.79 Å². The maximum absolute atomic E-state index is 12.6. The quantitative estimate of drug-likeness (QED) is 0.787. The molecule has 0 spiro atoms. The predicted octanol–water partition coefficient (Wildman–Crippen LogP) is 3.82. The molecule has 1 aliphatic heterocycles. The van der Waals surface area contributed by atoms with Crippen molar-refractivity contribution in [3.05, 3.63) is 59.1 Å². The number of rotatable bonds is 4. The Morgan fingerprint density at radius 3 is 3.00 bits per heavy atom. The lowest BCUT2D eigenvalue weighted by Gasteiger charge is -2.40. The minimum absolute atomic E-state index is 0.0456. The molecule has 24 heavy (non-hydrogen) atoms. The summed E-state index contributed by atoms with van der Waals surface area (Å²) >= 11 is 1.61. The minimum atomic E-state index is -0.0456. The molecule has 4 rings (SSSR count). The zero-order valence-corrected chi connectivity index (χ0v) is 14.3. The van der Waals surface area contributed by atoms with Crippen molar-refractivity contribution in [1.29, 1.82) is 0 Å². The second kappa shape index (κ2) is 6.34. The summed E-state index contributed by atoms with van der Waals surface area (Å²) in [5.41, 5.74) is 6.15. The predicted molar refractivity (Wildman–Crippen MR) is 98.2 cm³/mol. The van der Waals surface area contributed by atoms with E-state index < -0.39 is 0 Å². The lowest BCUT2D eigenvalue weighted by Crippen LogP contribution is -2.53. The van der Waals surface area contributed by atoms with Crippen LogP contribution in [0.5, 0.6) is 0 Å². The van der Waals surface area contributed by atoms with E-state index in [1.165, 1.54) is 11.1 Å². The van der Waals surface area contributed by atoms with Crippen LogP contribution < -0.4 is 5.32 Å². The van der Waals surface area contributed by atoms with Gasteiger partial charge in [0, 0.05) is 18.8 Å². The van der Waals surface area contributed by atoms with Crippen molar-refractivity contribution in [3.8, 4) is 0 Å². The van der Waals surface area contributed by atoms with Gasteiger partial charge in [-0.3, -0.25) is 9.69 Å². The Morgan fingerprint density at radius 1 is 1.33 bits per heavy atom. The third-order valence-electron chi connectivity index (χ3n) is 4.67. The van der Waals surface area contributed by atoms with Gasteiger partial charge in [-0.05, 0) is 42.7 Å². The van der Waals surface area contributed by atoms with E-state index in [2.05, 4.69) is 40.3 Å². The third-order valence-corrected chi connectivity index (χ3v) is 5.48. The van der Waals surface area contributed by atoms with Crippen molar-refractivity contribution in [3.63, 3.8) is 0 Å². The molecule has 0 radical (unpaired) electrons. The van der Waals surface area contributed by atoms with E-state index in [1.807, 2.05) is 29.8 Å². The summed E-state index contributed by atoms with van der Waals surface area (Å²) in [4.78, 5) is 19.1. The number of aryl methyl sites for hydroxylation is 1. The number of thiazole rings is 1. The maximum atomic E-state index is 12.6. The van der Waals surface area contributed by atoms with Crippen LogP contribution >= 0.6 is 11.3 Å². The topological polar surface area (TPSA) is 45.2 Å². The van der Waals surface area contributed by atoms with Crippen molar-refractivity contribution >= 4 is 33.1 Å². The average molecular weight is 337 g/mol. The Kier molecular flexibility index (Phi) is 4.04. The number of nitrogens with zero attached hydrogens (tertiary/aromatic N) is 2. The van der Waals surface area contributed by atoms with E-state index in [0.29, 0.717) is 0 Å². The number of hydrogen-bond acceptors (Lipinski definition) is 4. The SMILES string of the molecule is Cc1ccccc1CN1CCC1C(=O)Nc1ccc2scnc2c1. The summed E-state index contributed by atoms with van der Waals surface area (Å²) < 4.78 is 1.14. The summed E-state index contributed by atoms with van der Waals surface area (Å²) in [6, 6.07) is 14.2. The van der Waals surface area contributed by atoms with Crippen LogP contribution in [0.2, 0.25) is 0 Å². The molecule has 3 aromatic rings. The first-order valence-corrected chi connectivity index (χ1v) is 9.01. The number of benzene rings is 2. The monoisotopic (exact) mass is 337 g/mol. The van der Waals surface area contributed by atoms with Gasteiger partial charge in [0.1, 0.15) is 0 Å². The zero-order chi connectivity index (χ0) is 16.5. The molecular formula is C19H19N3OS. The van der Waals surface area contributed by atoms with Crippen molar-refractivity contribution in [2.75, 3.05) is 11.9 Å². The van der Waals surface area contributed by atoms with Gasteiger partial charge in [-0.15, -0.1) is 11.3 Å². The third kappa shape index (κ3) is 2.92. The van der Waals surface area contributed by atoms with Crippen LogP contribution in [-0.4, -0.2) is 28.4 Å². The molecule has 1 amide bonds. The highest BCUT2D eigenvalue weighted by Crippen LogP contribution is 2.25. The van der Waals surface area contributed by atoms with Crippen molar-refractivity contribution in [1.82, 2.24) is 9.88 Å². The van der Waals surface area contributed by atoms with Crippen molar-refractivity contribution in [2.45, 2.75) is 25.9 Å². The highest BCUT2D eigenvalue weighted by atomic mass is 32.1. The molecule has 0 saturated carbocycles. The van der Waals surface area contributed by atoms with Crippen LogP contribution in [0.1, 0.15) is 17.5 Å². The van der Waals surface area contributed by atoms with E-state index in [4.69, 9.17) is 0 Å². The molecule has 0 bridgehead atoms. The highest BCUT2D eigenvalue weighted by Gasteiger charge is 2.34. The number of aromatic nitrogens is 1. The summed E-state index contributed by atoms with van der Waals surface area (Å²) in [6.45, 7) is 3.92. The van der Waals surface area contributed by atoms with Crippen LogP contribution in [0.15, 0.2) is 48.0 Å². The summed E-state index contributed by atoms with van der Waals surface area (Å²) in [5, 5.41) is 3.04. The Balaban J connectivity index is 1.43. The van der Waals surface area contributed by atoms with Crippen LogP contribution in [0.3, 0.4) is 0 Å². The lowest BCUT2D eigenvalue weighted by atomic mass is 9.99. The number of fused-ring (bicyclic) bond motifs is 1. The van der Waals surface area contributed by atoms with Gasteiger partial charge in [0.15, 0.2) is 0 Å². The molecule has 0 aliphatic carbocycles. The fourth-order valence-electron chi connectivity index (χ4n) is 3.09. The molecule has 2 heterocycles. The van der Waals surface area contributed by atoms with Gasteiger partial charge in [-0.2, -0.15) is 0 Å². The Morgan fingerprint density at radius 2 is 2.21 bits per heavy atom. The van der Waals surface area contributed by atoms with Gasteiger partial charge < -0.3 is 5.32 Å².